The second kappa shape index (κ2) is 6.87. The molecule has 7 heteroatoms. The first-order valence-corrected chi connectivity index (χ1v) is 9.16. The minimum atomic E-state index is -0.123. The maximum absolute atomic E-state index is 13.5. The predicted molar refractivity (Wildman–Crippen MR) is 110 cm³/mol. The van der Waals surface area contributed by atoms with Gasteiger partial charge in [-0.05, 0) is 23.8 Å². The van der Waals surface area contributed by atoms with Crippen LogP contribution in [0.3, 0.4) is 0 Å². The minimum absolute atomic E-state index is 0.123. The Labute approximate surface area is 165 Å². The SMILES string of the molecule is COc1ccc(Cn2ccc3nc4ncnn4c(-c4ccccc4)c3c2=O)cc1. The fraction of sp³-hybridized carbons (Fsp3) is 0.0909. The molecular formula is C22H17N5O2. The normalized spacial score (nSPS) is 11.2. The summed E-state index contributed by atoms with van der Waals surface area (Å²) in [5.74, 6) is 1.24. The molecule has 0 aliphatic carbocycles. The number of rotatable bonds is 4. The van der Waals surface area contributed by atoms with Crippen LogP contribution < -0.4 is 10.3 Å². The number of aromatic nitrogens is 5. The molecule has 7 nitrogen and oxygen atoms in total. The zero-order valence-corrected chi connectivity index (χ0v) is 15.7. The lowest BCUT2D eigenvalue weighted by Crippen LogP contribution is -2.22. The van der Waals surface area contributed by atoms with Crippen molar-refractivity contribution in [3.8, 4) is 17.0 Å². The van der Waals surface area contributed by atoms with E-state index in [1.807, 2.05) is 60.7 Å². The average Bonchev–Trinajstić information content (AvgIpc) is 3.23. The van der Waals surface area contributed by atoms with Crippen LogP contribution in [0.1, 0.15) is 5.56 Å². The van der Waals surface area contributed by atoms with E-state index in [2.05, 4.69) is 15.1 Å². The van der Waals surface area contributed by atoms with E-state index in [9.17, 15) is 4.79 Å². The van der Waals surface area contributed by atoms with Crippen LogP contribution in [-0.2, 0) is 6.54 Å². The molecule has 5 aromatic rings. The summed E-state index contributed by atoms with van der Waals surface area (Å²) in [5, 5.41) is 4.82. The van der Waals surface area contributed by atoms with Gasteiger partial charge in [-0.1, -0.05) is 42.5 Å². The Balaban J connectivity index is 1.73. The van der Waals surface area contributed by atoms with Crippen molar-refractivity contribution in [3.63, 3.8) is 0 Å². The molecule has 5 rings (SSSR count). The number of ether oxygens (including phenoxy) is 1. The third-order valence-corrected chi connectivity index (χ3v) is 4.90. The van der Waals surface area contributed by atoms with Gasteiger partial charge in [0.25, 0.3) is 11.3 Å². The van der Waals surface area contributed by atoms with Crippen LogP contribution in [0.25, 0.3) is 27.9 Å². The van der Waals surface area contributed by atoms with Crippen LogP contribution in [0, 0.1) is 0 Å². The van der Waals surface area contributed by atoms with Crippen LogP contribution in [-0.4, -0.2) is 31.3 Å². The number of nitrogens with zero attached hydrogens (tertiary/aromatic N) is 5. The molecular weight excluding hydrogens is 366 g/mol. The average molecular weight is 383 g/mol. The molecule has 142 valence electrons. The number of hydrogen-bond acceptors (Lipinski definition) is 5. The van der Waals surface area contributed by atoms with Gasteiger partial charge in [0.05, 0.1) is 30.3 Å². The summed E-state index contributed by atoms with van der Waals surface area (Å²) in [7, 11) is 1.63. The van der Waals surface area contributed by atoms with Gasteiger partial charge in [0.2, 0.25) is 0 Å². The molecule has 0 aliphatic rings. The third-order valence-electron chi connectivity index (χ3n) is 4.90. The van der Waals surface area contributed by atoms with E-state index in [0.717, 1.165) is 16.9 Å². The summed E-state index contributed by atoms with van der Waals surface area (Å²) in [6.07, 6.45) is 3.22. The highest BCUT2D eigenvalue weighted by molar-refractivity contribution is 5.93. The summed E-state index contributed by atoms with van der Waals surface area (Å²) in [4.78, 5) is 22.2. The van der Waals surface area contributed by atoms with Crippen molar-refractivity contribution >= 4 is 16.7 Å². The molecule has 0 fully saturated rings. The van der Waals surface area contributed by atoms with Crippen molar-refractivity contribution in [2.24, 2.45) is 0 Å². The van der Waals surface area contributed by atoms with Crippen molar-refractivity contribution in [3.05, 3.63) is 89.1 Å². The van der Waals surface area contributed by atoms with Gasteiger partial charge in [-0.3, -0.25) is 4.79 Å². The molecule has 0 radical (unpaired) electrons. The Morgan fingerprint density at radius 1 is 1.00 bits per heavy atom. The van der Waals surface area contributed by atoms with E-state index >= 15 is 0 Å². The quantitative estimate of drug-likeness (QED) is 0.477. The highest BCUT2D eigenvalue weighted by Crippen LogP contribution is 2.25. The Bertz CT molecular complexity index is 1370. The number of pyridine rings is 1. The molecule has 0 amide bonds. The maximum Gasteiger partial charge on any atom is 0.262 e. The van der Waals surface area contributed by atoms with Crippen LogP contribution >= 0.6 is 0 Å². The third kappa shape index (κ3) is 2.93. The van der Waals surface area contributed by atoms with E-state index in [-0.39, 0.29) is 5.56 Å². The number of benzene rings is 2. The summed E-state index contributed by atoms with van der Waals surface area (Å²) in [6.45, 7) is 0.447. The van der Waals surface area contributed by atoms with E-state index in [4.69, 9.17) is 4.74 Å². The van der Waals surface area contributed by atoms with Crippen LogP contribution in [0.5, 0.6) is 5.75 Å². The topological polar surface area (TPSA) is 74.3 Å². The van der Waals surface area contributed by atoms with Crippen LogP contribution in [0.4, 0.5) is 0 Å². The van der Waals surface area contributed by atoms with Gasteiger partial charge in [0.15, 0.2) is 0 Å². The second-order valence-electron chi connectivity index (χ2n) is 6.66. The Morgan fingerprint density at radius 3 is 2.55 bits per heavy atom. The van der Waals surface area contributed by atoms with Gasteiger partial charge >= 0.3 is 0 Å². The fourth-order valence-corrected chi connectivity index (χ4v) is 3.48. The van der Waals surface area contributed by atoms with Gasteiger partial charge < -0.3 is 9.30 Å². The van der Waals surface area contributed by atoms with Crippen molar-refractivity contribution in [2.45, 2.75) is 6.54 Å². The molecule has 0 bridgehead atoms. The standard InChI is InChI=1S/C22H17N5O2/c1-29-17-9-7-15(8-10-17)13-26-12-11-18-19(21(26)28)20(16-5-3-2-4-6-16)27-22(25-18)23-14-24-27/h2-12,14H,13H2,1H3. The Kier molecular flexibility index (Phi) is 4.05. The van der Waals surface area contributed by atoms with E-state index in [1.165, 1.54) is 6.33 Å². The molecule has 0 aliphatic heterocycles. The van der Waals surface area contributed by atoms with Gasteiger partial charge in [-0.15, -0.1) is 0 Å². The first-order chi connectivity index (χ1) is 14.2. The summed E-state index contributed by atoms with van der Waals surface area (Å²) >= 11 is 0. The molecule has 3 heterocycles. The van der Waals surface area contributed by atoms with E-state index in [0.29, 0.717) is 28.9 Å². The van der Waals surface area contributed by atoms with Crippen molar-refractivity contribution < 1.29 is 4.74 Å². The lowest BCUT2D eigenvalue weighted by atomic mass is 10.1. The highest BCUT2D eigenvalue weighted by atomic mass is 16.5. The minimum Gasteiger partial charge on any atom is -0.497 e. The zero-order valence-electron chi connectivity index (χ0n) is 15.7. The predicted octanol–water partition coefficient (Wildman–Crippen LogP) is 3.16. The fourth-order valence-electron chi connectivity index (χ4n) is 3.48. The van der Waals surface area contributed by atoms with E-state index < -0.39 is 0 Å². The van der Waals surface area contributed by atoms with Crippen LogP contribution in [0.2, 0.25) is 0 Å². The van der Waals surface area contributed by atoms with Crippen molar-refractivity contribution in [2.75, 3.05) is 7.11 Å². The monoisotopic (exact) mass is 383 g/mol. The summed E-state index contributed by atoms with van der Waals surface area (Å²) < 4.78 is 8.51. The Morgan fingerprint density at radius 2 is 1.79 bits per heavy atom. The lowest BCUT2D eigenvalue weighted by Gasteiger charge is -2.12. The van der Waals surface area contributed by atoms with Gasteiger partial charge in [-0.25, -0.2) is 4.98 Å². The second-order valence-corrected chi connectivity index (χ2v) is 6.66. The molecule has 0 N–H and O–H groups in total. The molecule has 29 heavy (non-hydrogen) atoms. The first-order valence-electron chi connectivity index (χ1n) is 9.16. The maximum atomic E-state index is 13.5. The zero-order chi connectivity index (χ0) is 19.8. The smallest absolute Gasteiger partial charge is 0.262 e. The van der Waals surface area contributed by atoms with Crippen molar-refractivity contribution in [1.82, 2.24) is 24.1 Å². The van der Waals surface area contributed by atoms with E-state index in [1.54, 1.807) is 22.4 Å². The molecule has 3 aromatic heterocycles. The lowest BCUT2D eigenvalue weighted by molar-refractivity contribution is 0.414. The molecule has 0 spiro atoms. The molecule has 0 unspecified atom stereocenters. The number of fused-ring (bicyclic) bond motifs is 2. The number of hydrogen-bond donors (Lipinski definition) is 0. The molecule has 0 saturated heterocycles. The summed E-state index contributed by atoms with van der Waals surface area (Å²) in [5.41, 5.74) is 3.05. The number of methoxy groups -OCH3 is 1. The largest absolute Gasteiger partial charge is 0.497 e. The highest BCUT2D eigenvalue weighted by Gasteiger charge is 2.17. The van der Waals surface area contributed by atoms with Crippen LogP contribution in [0.15, 0.2) is 78.0 Å². The Hall–Kier alpha value is -4.00. The first kappa shape index (κ1) is 17.1. The van der Waals surface area contributed by atoms with Gasteiger partial charge in [-0.2, -0.15) is 14.6 Å². The molecule has 0 saturated carbocycles. The summed E-state index contributed by atoms with van der Waals surface area (Å²) in [6, 6.07) is 19.2. The molecule has 0 atom stereocenters. The van der Waals surface area contributed by atoms with Crippen molar-refractivity contribution in [1.29, 1.82) is 0 Å². The molecule has 2 aromatic carbocycles. The van der Waals surface area contributed by atoms with Gasteiger partial charge in [0.1, 0.15) is 12.1 Å². The van der Waals surface area contributed by atoms with Gasteiger partial charge in [0, 0.05) is 11.8 Å².